The number of para-hydroxylation sites is 1. The summed E-state index contributed by atoms with van der Waals surface area (Å²) >= 11 is 12.0. The Bertz CT molecular complexity index is 866. The van der Waals surface area contributed by atoms with Gasteiger partial charge in [-0.05, 0) is 36.2 Å². The Kier molecular flexibility index (Phi) is 3.75. The number of benzene rings is 2. The van der Waals surface area contributed by atoms with E-state index in [0.717, 1.165) is 22.1 Å². The molecule has 1 N–H and O–H groups in total. The van der Waals surface area contributed by atoms with Crippen LogP contribution in [-0.4, -0.2) is 4.98 Å². The minimum absolute atomic E-state index is 0.0944. The predicted molar refractivity (Wildman–Crippen MR) is 88.6 cm³/mol. The molecule has 0 aliphatic rings. The van der Waals surface area contributed by atoms with Crippen LogP contribution < -0.4 is 5.56 Å². The summed E-state index contributed by atoms with van der Waals surface area (Å²) in [5.41, 5.74) is 3.37. The number of aromatic nitrogens is 1. The molecule has 0 radical (unpaired) electrons. The van der Waals surface area contributed by atoms with Gasteiger partial charge in [-0.3, -0.25) is 4.79 Å². The summed E-state index contributed by atoms with van der Waals surface area (Å²) in [6, 6.07) is 13.2. The van der Waals surface area contributed by atoms with E-state index in [0.29, 0.717) is 22.0 Å². The smallest absolute Gasteiger partial charge is 0.252 e. The fourth-order valence-corrected chi connectivity index (χ4v) is 2.85. The average Bonchev–Trinajstić information content (AvgIpc) is 2.47. The van der Waals surface area contributed by atoms with Gasteiger partial charge in [-0.25, -0.2) is 0 Å². The molecule has 0 atom stereocenters. The highest BCUT2D eigenvalue weighted by Crippen LogP contribution is 2.25. The van der Waals surface area contributed by atoms with Crippen molar-refractivity contribution in [2.24, 2.45) is 0 Å². The molecular formula is C17H13Cl2NO. The van der Waals surface area contributed by atoms with E-state index in [9.17, 15) is 4.79 Å². The highest BCUT2D eigenvalue weighted by Gasteiger charge is 2.11. The maximum absolute atomic E-state index is 12.3. The first-order chi connectivity index (χ1) is 10.1. The van der Waals surface area contributed by atoms with Gasteiger partial charge in [-0.1, -0.05) is 47.5 Å². The molecule has 0 aliphatic carbocycles. The van der Waals surface area contributed by atoms with E-state index in [1.807, 2.05) is 43.3 Å². The lowest BCUT2D eigenvalue weighted by Gasteiger charge is -2.10. The molecule has 4 heteroatoms. The molecule has 1 aromatic heterocycles. The third kappa shape index (κ3) is 2.69. The number of fused-ring (bicyclic) bond motifs is 1. The van der Waals surface area contributed by atoms with E-state index < -0.39 is 0 Å². The van der Waals surface area contributed by atoms with Crippen LogP contribution in [0.2, 0.25) is 10.0 Å². The molecule has 0 spiro atoms. The van der Waals surface area contributed by atoms with Crippen LogP contribution in [0.1, 0.15) is 16.7 Å². The van der Waals surface area contributed by atoms with Crippen LogP contribution in [-0.2, 0) is 6.42 Å². The quantitative estimate of drug-likeness (QED) is 0.728. The Morgan fingerprint density at radius 2 is 1.76 bits per heavy atom. The number of pyridine rings is 1. The summed E-state index contributed by atoms with van der Waals surface area (Å²) in [5, 5.41) is 2.23. The molecule has 21 heavy (non-hydrogen) atoms. The fourth-order valence-electron chi connectivity index (χ4n) is 2.50. The van der Waals surface area contributed by atoms with Crippen molar-refractivity contribution in [3.8, 4) is 0 Å². The molecule has 2 nitrogen and oxygen atoms in total. The summed E-state index contributed by atoms with van der Waals surface area (Å²) in [5.74, 6) is 0. The molecule has 0 fully saturated rings. The molecule has 2 aromatic carbocycles. The highest BCUT2D eigenvalue weighted by molar-refractivity contribution is 6.35. The molecule has 0 saturated heterocycles. The van der Waals surface area contributed by atoms with Crippen LogP contribution >= 0.6 is 23.2 Å². The summed E-state index contributed by atoms with van der Waals surface area (Å²) < 4.78 is 0. The third-order valence-electron chi connectivity index (χ3n) is 3.68. The van der Waals surface area contributed by atoms with E-state index in [1.165, 1.54) is 0 Å². The van der Waals surface area contributed by atoms with Crippen molar-refractivity contribution >= 4 is 34.1 Å². The van der Waals surface area contributed by atoms with Crippen molar-refractivity contribution in [3.05, 3.63) is 79.6 Å². The van der Waals surface area contributed by atoms with Crippen LogP contribution in [0.3, 0.4) is 0 Å². The Hall–Kier alpha value is -1.77. The monoisotopic (exact) mass is 317 g/mol. The molecule has 0 unspecified atom stereocenters. The third-order valence-corrected chi connectivity index (χ3v) is 4.24. The number of hydrogen-bond donors (Lipinski definition) is 1. The van der Waals surface area contributed by atoms with Gasteiger partial charge in [-0.2, -0.15) is 0 Å². The van der Waals surface area contributed by atoms with Gasteiger partial charge in [0.25, 0.3) is 5.56 Å². The zero-order valence-electron chi connectivity index (χ0n) is 11.4. The zero-order chi connectivity index (χ0) is 15.0. The van der Waals surface area contributed by atoms with Gasteiger partial charge in [-0.15, -0.1) is 0 Å². The lowest BCUT2D eigenvalue weighted by molar-refractivity contribution is 1.09. The van der Waals surface area contributed by atoms with Gasteiger partial charge in [0.15, 0.2) is 0 Å². The lowest BCUT2D eigenvalue weighted by Crippen LogP contribution is -2.15. The van der Waals surface area contributed by atoms with Gasteiger partial charge < -0.3 is 4.98 Å². The van der Waals surface area contributed by atoms with Crippen LogP contribution in [0, 0.1) is 6.92 Å². The first-order valence-electron chi connectivity index (χ1n) is 6.60. The molecule has 1 heterocycles. The SMILES string of the molecule is Cc1c(Cc2ccc(Cl)cc2)c(=O)[nH]c2c(Cl)cccc12. The molecule has 0 aliphatic heterocycles. The number of aromatic amines is 1. The van der Waals surface area contributed by atoms with E-state index in [-0.39, 0.29) is 5.56 Å². The Morgan fingerprint density at radius 3 is 2.48 bits per heavy atom. The summed E-state index contributed by atoms with van der Waals surface area (Å²) in [6.07, 6.45) is 0.570. The van der Waals surface area contributed by atoms with Crippen LogP contribution in [0.25, 0.3) is 10.9 Å². The number of nitrogens with one attached hydrogen (secondary N) is 1. The van der Waals surface area contributed by atoms with Crippen LogP contribution in [0.4, 0.5) is 0 Å². The van der Waals surface area contributed by atoms with Gasteiger partial charge in [0.1, 0.15) is 0 Å². The second kappa shape index (κ2) is 5.55. The maximum Gasteiger partial charge on any atom is 0.252 e. The molecule has 106 valence electrons. The van der Waals surface area contributed by atoms with E-state index >= 15 is 0 Å². The molecule has 0 amide bonds. The van der Waals surface area contributed by atoms with Crippen molar-refractivity contribution in [3.63, 3.8) is 0 Å². The first kappa shape index (κ1) is 14.2. The standard InChI is InChI=1S/C17H13Cl2NO/c1-10-13-3-2-4-15(19)16(13)20-17(21)14(10)9-11-5-7-12(18)8-6-11/h2-8H,9H2,1H3,(H,20,21). The minimum atomic E-state index is -0.0944. The first-order valence-corrected chi connectivity index (χ1v) is 7.36. The second-order valence-electron chi connectivity index (χ2n) is 5.02. The Balaban J connectivity index is 2.15. The van der Waals surface area contributed by atoms with Gasteiger partial charge in [0, 0.05) is 22.4 Å². The van der Waals surface area contributed by atoms with Crippen LogP contribution in [0.5, 0.6) is 0 Å². The Labute approximate surface area is 132 Å². The van der Waals surface area contributed by atoms with Crippen molar-refractivity contribution in [1.82, 2.24) is 4.98 Å². The minimum Gasteiger partial charge on any atom is -0.320 e. The normalized spacial score (nSPS) is 11.0. The number of rotatable bonds is 2. The molecule has 3 aromatic rings. The van der Waals surface area contributed by atoms with Gasteiger partial charge in [0.2, 0.25) is 0 Å². The largest absolute Gasteiger partial charge is 0.320 e. The lowest BCUT2D eigenvalue weighted by atomic mass is 9.99. The number of H-pyrrole nitrogens is 1. The number of hydrogen-bond acceptors (Lipinski definition) is 1. The summed E-state index contributed by atoms with van der Waals surface area (Å²) in [7, 11) is 0. The second-order valence-corrected chi connectivity index (χ2v) is 5.87. The van der Waals surface area contributed by atoms with E-state index in [1.54, 1.807) is 6.07 Å². The highest BCUT2D eigenvalue weighted by atomic mass is 35.5. The van der Waals surface area contributed by atoms with Crippen molar-refractivity contribution in [2.75, 3.05) is 0 Å². The average molecular weight is 318 g/mol. The predicted octanol–water partition coefficient (Wildman–Crippen LogP) is 4.73. The fraction of sp³-hybridized carbons (Fsp3) is 0.118. The summed E-state index contributed by atoms with van der Waals surface area (Å²) in [4.78, 5) is 15.2. The zero-order valence-corrected chi connectivity index (χ0v) is 12.9. The number of halogens is 2. The van der Waals surface area contributed by atoms with E-state index in [2.05, 4.69) is 4.98 Å². The van der Waals surface area contributed by atoms with Crippen LogP contribution in [0.15, 0.2) is 47.3 Å². The van der Waals surface area contributed by atoms with E-state index in [4.69, 9.17) is 23.2 Å². The van der Waals surface area contributed by atoms with Gasteiger partial charge >= 0.3 is 0 Å². The number of aryl methyl sites for hydroxylation is 1. The van der Waals surface area contributed by atoms with Crippen molar-refractivity contribution in [2.45, 2.75) is 13.3 Å². The molecular weight excluding hydrogens is 305 g/mol. The van der Waals surface area contributed by atoms with Crippen molar-refractivity contribution < 1.29 is 0 Å². The topological polar surface area (TPSA) is 32.9 Å². The molecule has 3 rings (SSSR count). The maximum atomic E-state index is 12.3. The summed E-state index contributed by atoms with van der Waals surface area (Å²) in [6.45, 7) is 1.96. The van der Waals surface area contributed by atoms with Crippen molar-refractivity contribution in [1.29, 1.82) is 0 Å². The Morgan fingerprint density at radius 1 is 1.05 bits per heavy atom. The molecule has 0 saturated carbocycles. The molecule has 0 bridgehead atoms. The van der Waals surface area contributed by atoms with Gasteiger partial charge in [0.05, 0.1) is 10.5 Å².